The monoisotopic (exact) mass is 450 g/mol. The second-order valence-electron chi connectivity index (χ2n) is 6.82. The zero-order valence-corrected chi connectivity index (χ0v) is 18.5. The number of benzene rings is 2. The topological polar surface area (TPSA) is 73.2 Å². The third kappa shape index (κ3) is 4.76. The molecular weight excluding hydrogens is 428 g/mol. The average molecular weight is 451 g/mol. The maximum atomic E-state index is 12.9. The minimum absolute atomic E-state index is 0.258. The number of carbonyl (C=O) groups is 1. The van der Waals surface area contributed by atoms with E-state index in [1.165, 1.54) is 4.90 Å². The summed E-state index contributed by atoms with van der Waals surface area (Å²) in [7, 11) is 1.61. The molecule has 2 heterocycles. The van der Waals surface area contributed by atoms with Crippen LogP contribution < -0.4 is 24.4 Å². The molecule has 1 aliphatic rings. The van der Waals surface area contributed by atoms with E-state index in [1.54, 1.807) is 49.6 Å². The summed E-state index contributed by atoms with van der Waals surface area (Å²) in [5.74, 6) is 3.08. The SMILES string of the molecule is CCOc1ccc(N2C(=O)/C(=C\c3ccc(COc4ccc(OC)cc4)o3)NC2=S)cc1. The molecule has 1 aromatic heterocycles. The molecule has 1 fully saturated rings. The van der Waals surface area contributed by atoms with Gasteiger partial charge in [0.1, 0.15) is 41.1 Å². The molecule has 7 nitrogen and oxygen atoms in total. The lowest BCUT2D eigenvalue weighted by Crippen LogP contribution is -2.30. The fraction of sp³-hybridized carbons (Fsp3) is 0.167. The fourth-order valence-corrected chi connectivity index (χ4v) is 3.44. The molecule has 0 bridgehead atoms. The van der Waals surface area contributed by atoms with Gasteiger partial charge in [-0.25, -0.2) is 0 Å². The minimum atomic E-state index is -0.258. The molecular formula is C24H22N2O5S. The van der Waals surface area contributed by atoms with Crippen LogP contribution in [0.5, 0.6) is 17.2 Å². The van der Waals surface area contributed by atoms with Gasteiger partial charge in [-0.3, -0.25) is 9.69 Å². The van der Waals surface area contributed by atoms with Crippen molar-refractivity contribution in [3.05, 3.63) is 77.9 Å². The van der Waals surface area contributed by atoms with Crippen LogP contribution in [0.25, 0.3) is 6.08 Å². The first-order valence-corrected chi connectivity index (χ1v) is 10.4. The number of furan rings is 1. The number of anilines is 1. The number of carbonyl (C=O) groups excluding carboxylic acids is 1. The van der Waals surface area contributed by atoms with E-state index in [2.05, 4.69) is 5.32 Å². The maximum Gasteiger partial charge on any atom is 0.281 e. The lowest BCUT2D eigenvalue weighted by molar-refractivity contribution is -0.113. The number of rotatable bonds is 8. The quantitative estimate of drug-likeness (QED) is 0.399. The van der Waals surface area contributed by atoms with Gasteiger partial charge >= 0.3 is 0 Å². The van der Waals surface area contributed by atoms with Crippen LogP contribution in [0.1, 0.15) is 18.4 Å². The lowest BCUT2D eigenvalue weighted by atomic mass is 10.2. The molecule has 0 spiro atoms. The standard InChI is InChI=1S/C24H22N2O5S/c1-3-29-18-6-4-16(5-7-18)26-23(27)22(25-24(26)32)14-20-12-13-21(31-20)15-30-19-10-8-17(28-2)9-11-19/h4-14H,3,15H2,1-2H3,(H,25,32)/b22-14+. The van der Waals surface area contributed by atoms with Crippen LogP contribution in [-0.4, -0.2) is 24.7 Å². The molecule has 1 aliphatic heterocycles. The number of hydrogen-bond acceptors (Lipinski definition) is 6. The third-order valence-corrected chi connectivity index (χ3v) is 4.98. The molecule has 3 aromatic rings. The van der Waals surface area contributed by atoms with Gasteiger partial charge in [0.2, 0.25) is 0 Å². The van der Waals surface area contributed by atoms with Gasteiger partial charge < -0.3 is 23.9 Å². The van der Waals surface area contributed by atoms with E-state index in [0.717, 1.165) is 11.5 Å². The van der Waals surface area contributed by atoms with Crippen molar-refractivity contribution in [3.63, 3.8) is 0 Å². The predicted octanol–water partition coefficient (Wildman–Crippen LogP) is 4.53. The maximum absolute atomic E-state index is 12.9. The number of ether oxygens (including phenoxy) is 3. The van der Waals surface area contributed by atoms with E-state index in [1.807, 2.05) is 31.2 Å². The van der Waals surface area contributed by atoms with Gasteiger partial charge in [0, 0.05) is 6.08 Å². The largest absolute Gasteiger partial charge is 0.497 e. The molecule has 164 valence electrons. The van der Waals surface area contributed by atoms with Gasteiger partial charge in [-0.05, 0) is 79.8 Å². The van der Waals surface area contributed by atoms with Crippen molar-refractivity contribution in [3.8, 4) is 17.2 Å². The molecule has 1 N–H and O–H groups in total. The Kier molecular flexibility index (Phi) is 6.42. The zero-order chi connectivity index (χ0) is 22.5. The Morgan fingerprint density at radius 3 is 2.31 bits per heavy atom. The van der Waals surface area contributed by atoms with Crippen LogP contribution in [0, 0.1) is 0 Å². The van der Waals surface area contributed by atoms with Crippen LogP contribution >= 0.6 is 12.2 Å². The number of nitrogens with zero attached hydrogens (tertiary/aromatic N) is 1. The molecule has 1 amide bonds. The number of amides is 1. The summed E-state index contributed by atoms with van der Waals surface area (Å²) < 4.78 is 22.1. The molecule has 1 saturated heterocycles. The summed E-state index contributed by atoms with van der Waals surface area (Å²) in [6, 6.07) is 18.1. The van der Waals surface area contributed by atoms with Crippen molar-refractivity contribution in [2.24, 2.45) is 0 Å². The first kappa shape index (κ1) is 21.5. The van der Waals surface area contributed by atoms with Crippen molar-refractivity contribution in [2.45, 2.75) is 13.5 Å². The smallest absolute Gasteiger partial charge is 0.281 e. The highest BCUT2D eigenvalue weighted by Gasteiger charge is 2.32. The van der Waals surface area contributed by atoms with Gasteiger partial charge in [0.05, 0.1) is 19.4 Å². The van der Waals surface area contributed by atoms with Crippen molar-refractivity contribution < 1.29 is 23.4 Å². The summed E-state index contributed by atoms with van der Waals surface area (Å²) >= 11 is 5.36. The molecule has 2 aromatic carbocycles. The van der Waals surface area contributed by atoms with E-state index in [4.69, 9.17) is 30.8 Å². The Morgan fingerprint density at radius 2 is 1.62 bits per heavy atom. The van der Waals surface area contributed by atoms with Crippen molar-refractivity contribution >= 4 is 35.0 Å². The Labute approximate surface area is 191 Å². The number of thiocarbonyl (C=S) groups is 1. The van der Waals surface area contributed by atoms with Crippen LogP contribution in [-0.2, 0) is 11.4 Å². The Bertz CT molecular complexity index is 1140. The second kappa shape index (κ2) is 9.57. The summed E-state index contributed by atoms with van der Waals surface area (Å²) in [5.41, 5.74) is 0.994. The van der Waals surface area contributed by atoms with Crippen LogP contribution in [0.4, 0.5) is 5.69 Å². The van der Waals surface area contributed by atoms with E-state index in [0.29, 0.717) is 40.4 Å². The molecule has 8 heteroatoms. The number of hydrogen-bond donors (Lipinski definition) is 1. The van der Waals surface area contributed by atoms with E-state index in [-0.39, 0.29) is 12.5 Å². The highest BCUT2D eigenvalue weighted by atomic mass is 32.1. The van der Waals surface area contributed by atoms with Gasteiger partial charge in [0.15, 0.2) is 5.11 Å². The van der Waals surface area contributed by atoms with Gasteiger partial charge in [-0.2, -0.15) is 0 Å². The van der Waals surface area contributed by atoms with Crippen molar-refractivity contribution in [2.75, 3.05) is 18.6 Å². The first-order chi connectivity index (χ1) is 15.6. The van der Waals surface area contributed by atoms with Crippen LogP contribution in [0.2, 0.25) is 0 Å². The molecule has 0 saturated carbocycles. The predicted molar refractivity (Wildman–Crippen MR) is 125 cm³/mol. The van der Waals surface area contributed by atoms with Crippen LogP contribution in [0.3, 0.4) is 0 Å². The lowest BCUT2D eigenvalue weighted by Gasteiger charge is -2.14. The molecule has 32 heavy (non-hydrogen) atoms. The zero-order valence-electron chi connectivity index (χ0n) is 17.7. The second-order valence-corrected chi connectivity index (χ2v) is 7.21. The summed E-state index contributed by atoms with van der Waals surface area (Å²) in [6.45, 7) is 2.75. The first-order valence-electron chi connectivity index (χ1n) is 10.0. The summed E-state index contributed by atoms with van der Waals surface area (Å²) in [6.07, 6.45) is 1.63. The van der Waals surface area contributed by atoms with E-state index in [9.17, 15) is 4.79 Å². The highest BCUT2D eigenvalue weighted by molar-refractivity contribution is 7.80. The molecule has 0 atom stereocenters. The normalized spacial score (nSPS) is 14.6. The molecule has 0 radical (unpaired) electrons. The number of methoxy groups -OCH3 is 1. The molecule has 4 rings (SSSR count). The van der Waals surface area contributed by atoms with Gasteiger partial charge in [0.25, 0.3) is 5.91 Å². The minimum Gasteiger partial charge on any atom is -0.497 e. The van der Waals surface area contributed by atoms with Gasteiger partial charge in [-0.15, -0.1) is 0 Å². The molecule has 0 aliphatic carbocycles. The Morgan fingerprint density at radius 1 is 0.969 bits per heavy atom. The van der Waals surface area contributed by atoms with Crippen LogP contribution in [0.15, 0.2) is 70.8 Å². The van der Waals surface area contributed by atoms with E-state index < -0.39 is 0 Å². The highest BCUT2D eigenvalue weighted by Crippen LogP contribution is 2.25. The number of nitrogens with one attached hydrogen (secondary N) is 1. The Balaban J connectivity index is 1.42. The summed E-state index contributed by atoms with van der Waals surface area (Å²) in [4.78, 5) is 14.3. The average Bonchev–Trinajstić information content (AvgIpc) is 3.37. The van der Waals surface area contributed by atoms with Gasteiger partial charge in [-0.1, -0.05) is 0 Å². The van der Waals surface area contributed by atoms with E-state index >= 15 is 0 Å². The molecule has 0 unspecified atom stereocenters. The van der Waals surface area contributed by atoms with Crippen molar-refractivity contribution in [1.29, 1.82) is 0 Å². The third-order valence-electron chi connectivity index (χ3n) is 4.69. The fourth-order valence-electron chi connectivity index (χ4n) is 3.15. The summed E-state index contributed by atoms with van der Waals surface area (Å²) in [5, 5.41) is 3.26. The van der Waals surface area contributed by atoms with Crippen molar-refractivity contribution in [1.82, 2.24) is 5.32 Å². The Hall–Kier alpha value is -3.78.